The Morgan fingerprint density at radius 2 is 1.92 bits per heavy atom. The molecule has 0 aliphatic heterocycles. The van der Waals surface area contributed by atoms with E-state index < -0.39 is 5.97 Å². The maximum absolute atomic E-state index is 12.1. The molecule has 0 spiro atoms. The maximum atomic E-state index is 12.1. The Bertz CT molecular complexity index is 747. The summed E-state index contributed by atoms with van der Waals surface area (Å²) in [4.78, 5) is 32.4. The van der Waals surface area contributed by atoms with Crippen LogP contribution in [0, 0.1) is 5.92 Å². The quantitative estimate of drug-likeness (QED) is 0.873. The van der Waals surface area contributed by atoms with E-state index in [0.717, 1.165) is 19.3 Å². The van der Waals surface area contributed by atoms with Gasteiger partial charge in [-0.25, -0.2) is 4.79 Å². The number of ether oxygens (including phenoxy) is 1. The monoisotopic (exact) mass is 327 g/mol. The van der Waals surface area contributed by atoms with Crippen molar-refractivity contribution in [1.82, 2.24) is 15.3 Å². The number of rotatable bonds is 4. The van der Waals surface area contributed by atoms with Crippen LogP contribution in [-0.2, 0) is 9.53 Å². The van der Waals surface area contributed by atoms with Gasteiger partial charge in [0.25, 0.3) is 5.91 Å². The molecule has 126 valence electrons. The van der Waals surface area contributed by atoms with Crippen molar-refractivity contribution in [1.29, 1.82) is 0 Å². The van der Waals surface area contributed by atoms with Gasteiger partial charge in [0.15, 0.2) is 6.61 Å². The van der Waals surface area contributed by atoms with Gasteiger partial charge in [0.2, 0.25) is 0 Å². The number of nitrogens with one attached hydrogen (secondary N) is 1. The van der Waals surface area contributed by atoms with E-state index in [9.17, 15) is 9.59 Å². The number of carbonyl (C=O) groups excluding carboxylic acids is 2. The third-order valence-electron chi connectivity index (χ3n) is 4.50. The second-order valence-electron chi connectivity index (χ2n) is 6.27. The number of aromatic nitrogens is 2. The van der Waals surface area contributed by atoms with Crippen LogP contribution in [0.25, 0.3) is 11.0 Å². The summed E-state index contributed by atoms with van der Waals surface area (Å²) in [6, 6.07) is 5.13. The van der Waals surface area contributed by atoms with Gasteiger partial charge in [-0.15, -0.1) is 0 Å². The van der Waals surface area contributed by atoms with Crippen LogP contribution in [0.4, 0.5) is 0 Å². The average Bonchev–Trinajstić information content (AvgIpc) is 2.61. The average molecular weight is 327 g/mol. The summed E-state index contributed by atoms with van der Waals surface area (Å²) < 4.78 is 5.12. The molecule has 1 aromatic heterocycles. The predicted molar refractivity (Wildman–Crippen MR) is 89.4 cm³/mol. The zero-order valence-corrected chi connectivity index (χ0v) is 13.7. The van der Waals surface area contributed by atoms with Gasteiger partial charge >= 0.3 is 5.97 Å². The van der Waals surface area contributed by atoms with Crippen molar-refractivity contribution >= 4 is 22.9 Å². The van der Waals surface area contributed by atoms with E-state index in [4.69, 9.17) is 4.74 Å². The van der Waals surface area contributed by atoms with Crippen molar-refractivity contribution in [2.24, 2.45) is 5.92 Å². The van der Waals surface area contributed by atoms with Crippen molar-refractivity contribution in [3.05, 3.63) is 36.2 Å². The number of carbonyl (C=O) groups is 2. The van der Waals surface area contributed by atoms with E-state index in [1.807, 2.05) is 0 Å². The molecule has 1 aliphatic rings. The lowest BCUT2D eigenvalue weighted by Crippen LogP contribution is -2.42. The van der Waals surface area contributed by atoms with Crippen molar-refractivity contribution in [3.63, 3.8) is 0 Å². The molecule has 2 aromatic rings. The third-order valence-corrected chi connectivity index (χ3v) is 4.50. The zero-order valence-electron chi connectivity index (χ0n) is 13.7. The van der Waals surface area contributed by atoms with Crippen molar-refractivity contribution < 1.29 is 14.3 Å². The molecule has 1 amide bonds. The van der Waals surface area contributed by atoms with Gasteiger partial charge in [-0.2, -0.15) is 0 Å². The minimum atomic E-state index is -0.533. The summed E-state index contributed by atoms with van der Waals surface area (Å²) in [5, 5.41) is 2.97. The molecule has 1 aromatic carbocycles. The summed E-state index contributed by atoms with van der Waals surface area (Å²) in [7, 11) is 0. The first-order chi connectivity index (χ1) is 11.6. The van der Waals surface area contributed by atoms with E-state index in [-0.39, 0.29) is 18.6 Å². The molecule has 1 aliphatic carbocycles. The Labute approximate surface area is 140 Å². The lowest BCUT2D eigenvalue weighted by molar-refractivity contribution is -0.125. The zero-order chi connectivity index (χ0) is 16.9. The summed E-state index contributed by atoms with van der Waals surface area (Å²) in [5.74, 6) is -0.311. The van der Waals surface area contributed by atoms with Crippen molar-refractivity contribution in [2.75, 3.05) is 6.61 Å². The molecule has 1 fully saturated rings. The standard InChI is InChI=1S/C18H21N3O3/c1-12-4-2-3-5-14(12)21-17(22)11-24-18(23)13-6-7-15-16(10-13)20-9-8-19-15/h6-10,12,14H,2-5,11H2,1H3,(H,21,22)/t12-,14+/m1/s1. The van der Waals surface area contributed by atoms with Crippen LogP contribution in [0.2, 0.25) is 0 Å². The molecular formula is C18H21N3O3. The van der Waals surface area contributed by atoms with E-state index >= 15 is 0 Å². The highest BCUT2D eigenvalue weighted by Gasteiger charge is 2.23. The van der Waals surface area contributed by atoms with Crippen LogP contribution in [0.15, 0.2) is 30.6 Å². The van der Waals surface area contributed by atoms with Gasteiger partial charge < -0.3 is 10.1 Å². The highest BCUT2D eigenvalue weighted by molar-refractivity contribution is 5.94. The number of amides is 1. The second kappa shape index (κ2) is 7.38. The maximum Gasteiger partial charge on any atom is 0.338 e. The van der Waals surface area contributed by atoms with Crippen LogP contribution in [0.3, 0.4) is 0 Å². The number of fused-ring (bicyclic) bond motifs is 1. The Hall–Kier alpha value is -2.50. The first kappa shape index (κ1) is 16.4. The van der Waals surface area contributed by atoms with E-state index in [1.165, 1.54) is 6.42 Å². The molecule has 6 heteroatoms. The fourth-order valence-corrected chi connectivity index (χ4v) is 3.08. The number of hydrogen-bond acceptors (Lipinski definition) is 5. The van der Waals surface area contributed by atoms with Crippen LogP contribution in [0.5, 0.6) is 0 Å². The van der Waals surface area contributed by atoms with Crippen molar-refractivity contribution in [2.45, 2.75) is 38.6 Å². The molecule has 2 atom stereocenters. The SMILES string of the molecule is C[C@@H]1CCCC[C@@H]1NC(=O)COC(=O)c1ccc2nccnc2c1. The highest BCUT2D eigenvalue weighted by Crippen LogP contribution is 2.23. The molecule has 24 heavy (non-hydrogen) atoms. The van der Waals surface area contributed by atoms with Gasteiger partial charge in [0, 0.05) is 18.4 Å². The molecule has 0 unspecified atom stereocenters. The van der Waals surface area contributed by atoms with Gasteiger partial charge in [-0.05, 0) is 37.0 Å². The van der Waals surface area contributed by atoms with Gasteiger partial charge in [0.1, 0.15) is 0 Å². The molecule has 1 heterocycles. The minimum Gasteiger partial charge on any atom is -0.452 e. The Kier molecular flexibility index (Phi) is 5.03. The smallest absolute Gasteiger partial charge is 0.338 e. The van der Waals surface area contributed by atoms with Crippen LogP contribution >= 0.6 is 0 Å². The molecule has 1 N–H and O–H groups in total. The van der Waals surface area contributed by atoms with E-state index in [2.05, 4.69) is 22.2 Å². The summed E-state index contributed by atoms with van der Waals surface area (Å²) >= 11 is 0. The normalized spacial score (nSPS) is 20.5. The Morgan fingerprint density at radius 1 is 1.17 bits per heavy atom. The summed E-state index contributed by atoms with van der Waals surface area (Å²) in [6.45, 7) is 1.88. The lowest BCUT2D eigenvalue weighted by Gasteiger charge is -2.29. The Balaban J connectivity index is 1.55. The van der Waals surface area contributed by atoms with Gasteiger partial charge in [0.05, 0.1) is 16.6 Å². The number of hydrogen-bond donors (Lipinski definition) is 1. The molecule has 1 saturated carbocycles. The van der Waals surface area contributed by atoms with Crippen LogP contribution in [-0.4, -0.2) is 34.5 Å². The number of benzene rings is 1. The van der Waals surface area contributed by atoms with Gasteiger partial charge in [-0.3, -0.25) is 14.8 Å². The molecule has 6 nitrogen and oxygen atoms in total. The first-order valence-corrected chi connectivity index (χ1v) is 8.31. The van der Waals surface area contributed by atoms with Crippen LogP contribution in [0.1, 0.15) is 43.0 Å². The predicted octanol–water partition coefficient (Wildman–Crippen LogP) is 2.48. The highest BCUT2D eigenvalue weighted by atomic mass is 16.5. The minimum absolute atomic E-state index is 0.181. The van der Waals surface area contributed by atoms with Crippen molar-refractivity contribution in [3.8, 4) is 0 Å². The molecule has 0 saturated heterocycles. The molecule has 0 bridgehead atoms. The molecule has 3 rings (SSSR count). The summed E-state index contributed by atoms with van der Waals surface area (Å²) in [6.07, 6.45) is 7.63. The fourth-order valence-electron chi connectivity index (χ4n) is 3.08. The molecule has 0 radical (unpaired) electrons. The van der Waals surface area contributed by atoms with E-state index in [0.29, 0.717) is 22.5 Å². The largest absolute Gasteiger partial charge is 0.452 e. The topological polar surface area (TPSA) is 81.2 Å². The first-order valence-electron chi connectivity index (χ1n) is 8.31. The summed E-state index contributed by atoms with van der Waals surface area (Å²) in [5.41, 5.74) is 1.69. The van der Waals surface area contributed by atoms with Crippen LogP contribution < -0.4 is 5.32 Å². The van der Waals surface area contributed by atoms with Gasteiger partial charge in [-0.1, -0.05) is 19.8 Å². The number of esters is 1. The number of nitrogens with zero attached hydrogens (tertiary/aromatic N) is 2. The molecular weight excluding hydrogens is 306 g/mol. The fraction of sp³-hybridized carbons (Fsp3) is 0.444. The van der Waals surface area contributed by atoms with E-state index in [1.54, 1.807) is 30.6 Å². The Morgan fingerprint density at radius 3 is 2.71 bits per heavy atom. The lowest BCUT2D eigenvalue weighted by atomic mass is 9.86. The third kappa shape index (κ3) is 3.88. The second-order valence-corrected chi connectivity index (χ2v) is 6.27.